The molecule has 4 nitrogen and oxygen atoms in total. The zero-order valence-corrected chi connectivity index (χ0v) is 15.6. The topological polar surface area (TPSA) is 46.6 Å². The first kappa shape index (κ1) is 19.9. The van der Waals surface area contributed by atoms with Crippen molar-refractivity contribution in [1.82, 2.24) is 0 Å². The molecule has 0 N–H and O–H groups in total. The van der Waals surface area contributed by atoms with Crippen LogP contribution in [-0.4, -0.2) is 0 Å². The second-order valence-corrected chi connectivity index (χ2v) is 6.39. The van der Waals surface area contributed by atoms with Gasteiger partial charge in [-0.25, -0.2) is 13.6 Å². The van der Waals surface area contributed by atoms with E-state index >= 15 is 0 Å². The SMILES string of the molecule is [C-]#[N+]c1ccc(OCc2cc(C)cc(COc3ccc(C#N)cc3F)c2)c(F)c1. The van der Waals surface area contributed by atoms with Gasteiger partial charge in [0.1, 0.15) is 13.2 Å². The van der Waals surface area contributed by atoms with Crippen molar-refractivity contribution in [2.24, 2.45) is 0 Å². The molecule has 0 aromatic heterocycles. The maximum Gasteiger partial charge on any atom is 0.190 e. The molecule has 29 heavy (non-hydrogen) atoms. The Labute approximate surface area is 167 Å². The Hall–Kier alpha value is -3.90. The van der Waals surface area contributed by atoms with Gasteiger partial charge >= 0.3 is 0 Å². The van der Waals surface area contributed by atoms with Crippen molar-refractivity contribution in [3.63, 3.8) is 0 Å². The number of ether oxygens (including phenoxy) is 2. The van der Waals surface area contributed by atoms with Crippen molar-refractivity contribution in [1.29, 1.82) is 5.26 Å². The van der Waals surface area contributed by atoms with E-state index in [-0.39, 0.29) is 36.0 Å². The predicted octanol–water partition coefficient (Wildman–Crippen LogP) is 5.85. The Morgan fingerprint density at radius 1 is 0.897 bits per heavy atom. The lowest BCUT2D eigenvalue weighted by Gasteiger charge is -2.12. The molecule has 3 aromatic rings. The van der Waals surface area contributed by atoms with Gasteiger partial charge in [-0.3, -0.25) is 0 Å². The normalized spacial score (nSPS) is 10.1. The highest BCUT2D eigenvalue weighted by Gasteiger charge is 2.08. The fourth-order valence-corrected chi connectivity index (χ4v) is 2.80. The van der Waals surface area contributed by atoms with Crippen molar-refractivity contribution in [2.75, 3.05) is 0 Å². The molecule has 0 fully saturated rings. The Bertz CT molecular complexity index is 1040. The summed E-state index contributed by atoms with van der Waals surface area (Å²) in [4.78, 5) is 3.17. The van der Waals surface area contributed by atoms with Crippen LogP contribution in [0.1, 0.15) is 22.3 Å². The van der Waals surface area contributed by atoms with Gasteiger partial charge in [0, 0.05) is 0 Å². The van der Waals surface area contributed by atoms with Crippen LogP contribution in [-0.2, 0) is 13.2 Å². The van der Waals surface area contributed by atoms with E-state index in [4.69, 9.17) is 21.3 Å². The van der Waals surface area contributed by atoms with Crippen LogP contribution in [0.3, 0.4) is 0 Å². The Morgan fingerprint density at radius 3 is 2.00 bits per heavy atom. The molecule has 3 rings (SSSR count). The Kier molecular flexibility index (Phi) is 6.06. The van der Waals surface area contributed by atoms with Crippen molar-refractivity contribution in [3.8, 4) is 17.6 Å². The molecule has 144 valence electrons. The van der Waals surface area contributed by atoms with E-state index in [1.165, 1.54) is 24.3 Å². The van der Waals surface area contributed by atoms with Crippen LogP contribution < -0.4 is 9.47 Å². The van der Waals surface area contributed by atoms with E-state index in [2.05, 4.69) is 4.85 Å². The van der Waals surface area contributed by atoms with Crippen LogP contribution in [0.25, 0.3) is 4.85 Å². The molecule has 0 heterocycles. The summed E-state index contributed by atoms with van der Waals surface area (Å²) in [6, 6.07) is 15.6. The highest BCUT2D eigenvalue weighted by Crippen LogP contribution is 2.24. The van der Waals surface area contributed by atoms with Crippen molar-refractivity contribution in [2.45, 2.75) is 20.1 Å². The molecule has 0 aliphatic rings. The van der Waals surface area contributed by atoms with Crippen LogP contribution in [0, 0.1) is 36.5 Å². The highest BCUT2D eigenvalue weighted by atomic mass is 19.1. The summed E-state index contributed by atoms with van der Waals surface area (Å²) < 4.78 is 39.0. The average Bonchev–Trinajstić information content (AvgIpc) is 2.71. The van der Waals surface area contributed by atoms with Gasteiger partial charge in [-0.2, -0.15) is 5.26 Å². The number of rotatable bonds is 6. The van der Waals surface area contributed by atoms with Crippen LogP contribution in [0.2, 0.25) is 0 Å². The van der Waals surface area contributed by atoms with Crippen LogP contribution in [0.5, 0.6) is 11.5 Å². The molecule has 0 amide bonds. The molecular weight excluding hydrogens is 374 g/mol. The molecule has 0 atom stereocenters. The monoisotopic (exact) mass is 390 g/mol. The third kappa shape index (κ3) is 5.09. The second-order valence-electron chi connectivity index (χ2n) is 6.39. The maximum atomic E-state index is 14.0. The molecule has 0 saturated heterocycles. The van der Waals surface area contributed by atoms with E-state index in [0.29, 0.717) is 0 Å². The fraction of sp³-hybridized carbons (Fsp3) is 0.130. The Balaban J connectivity index is 1.68. The molecule has 0 unspecified atom stereocenters. The first-order valence-corrected chi connectivity index (χ1v) is 8.70. The number of aryl methyl sites for hydroxylation is 1. The summed E-state index contributed by atoms with van der Waals surface area (Å²) >= 11 is 0. The van der Waals surface area contributed by atoms with Gasteiger partial charge in [-0.05, 0) is 54.4 Å². The lowest BCUT2D eigenvalue weighted by molar-refractivity contribution is 0.284. The second kappa shape index (κ2) is 8.86. The van der Waals surface area contributed by atoms with E-state index in [0.717, 1.165) is 28.8 Å². The standard InChI is InChI=1S/C23H16F2N2O2/c1-15-7-17(13-28-22-5-3-16(12-26)10-20(22)24)9-18(8-15)14-29-23-6-4-19(27-2)11-21(23)25/h3-11H,13-14H2,1H3. The minimum atomic E-state index is -0.599. The highest BCUT2D eigenvalue weighted by molar-refractivity contribution is 5.48. The molecule has 0 aliphatic heterocycles. The number of hydrogen-bond acceptors (Lipinski definition) is 3. The molecular formula is C23H16F2N2O2. The van der Waals surface area contributed by atoms with Crippen molar-refractivity contribution >= 4 is 5.69 Å². The van der Waals surface area contributed by atoms with E-state index in [1.807, 2.05) is 31.2 Å². The number of benzene rings is 3. The third-order valence-electron chi connectivity index (χ3n) is 4.09. The van der Waals surface area contributed by atoms with Gasteiger partial charge in [0.15, 0.2) is 28.8 Å². The third-order valence-corrected chi connectivity index (χ3v) is 4.09. The fourth-order valence-electron chi connectivity index (χ4n) is 2.80. The minimum Gasteiger partial charge on any atom is -0.486 e. The summed E-state index contributed by atoms with van der Waals surface area (Å²) in [5.74, 6) is -1.06. The predicted molar refractivity (Wildman–Crippen MR) is 104 cm³/mol. The first-order chi connectivity index (χ1) is 14.0. The number of nitriles is 1. The maximum absolute atomic E-state index is 14.0. The number of hydrogen-bond donors (Lipinski definition) is 0. The first-order valence-electron chi connectivity index (χ1n) is 8.70. The van der Waals surface area contributed by atoms with Crippen LogP contribution >= 0.6 is 0 Å². The number of nitrogens with zero attached hydrogens (tertiary/aromatic N) is 2. The number of halogens is 2. The average molecular weight is 390 g/mol. The zero-order valence-electron chi connectivity index (χ0n) is 15.6. The molecule has 0 aliphatic carbocycles. The van der Waals surface area contributed by atoms with Crippen molar-refractivity contribution < 1.29 is 18.3 Å². The summed E-state index contributed by atoms with van der Waals surface area (Å²) in [5.41, 5.74) is 2.99. The van der Waals surface area contributed by atoms with E-state index in [1.54, 1.807) is 0 Å². The molecule has 0 saturated carbocycles. The lowest BCUT2D eigenvalue weighted by atomic mass is 10.1. The van der Waals surface area contributed by atoms with Gasteiger partial charge in [-0.1, -0.05) is 23.8 Å². The van der Waals surface area contributed by atoms with Gasteiger partial charge in [0.05, 0.1) is 18.2 Å². The molecule has 0 bridgehead atoms. The Morgan fingerprint density at radius 2 is 1.48 bits per heavy atom. The molecule has 6 heteroatoms. The van der Waals surface area contributed by atoms with Gasteiger partial charge < -0.3 is 9.47 Å². The van der Waals surface area contributed by atoms with Gasteiger partial charge in [0.25, 0.3) is 0 Å². The minimum absolute atomic E-state index is 0.0604. The molecule has 3 aromatic carbocycles. The molecule has 0 spiro atoms. The van der Waals surface area contributed by atoms with Crippen LogP contribution in [0.4, 0.5) is 14.5 Å². The zero-order chi connectivity index (χ0) is 20.8. The lowest BCUT2D eigenvalue weighted by Crippen LogP contribution is -2.02. The summed E-state index contributed by atoms with van der Waals surface area (Å²) in [6.07, 6.45) is 0. The van der Waals surface area contributed by atoms with E-state index < -0.39 is 11.6 Å². The van der Waals surface area contributed by atoms with E-state index in [9.17, 15) is 8.78 Å². The smallest absolute Gasteiger partial charge is 0.190 e. The van der Waals surface area contributed by atoms with Crippen LogP contribution in [0.15, 0.2) is 54.6 Å². The van der Waals surface area contributed by atoms with Gasteiger partial charge in [0.2, 0.25) is 0 Å². The van der Waals surface area contributed by atoms with Gasteiger partial charge in [-0.15, -0.1) is 0 Å². The summed E-state index contributed by atoms with van der Waals surface area (Å²) in [7, 11) is 0. The molecule has 0 radical (unpaired) electrons. The summed E-state index contributed by atoms with van der Waals surface area (Å²) in [5, 5.41) is 8.79. The summed E-state index contributed by atoms with van der Waals surface area (Å²) in [6.45, 7) is 9.06. The quantitative estimate of drug-likeness (QED) is 0.496. The van der Waals surface area contributed by atoms with Crippen molar-refractivity contribution in [3.05, 3.63) is 99.9 Å². The largest absolute Gasteiger partial charge is 0.486 e.